The maximum atomic E-state index is 13.5. The molecule has 1 N–H and O–H groups in total. The van der Waals surface area contributed by atoms with Crippen molar-refractivity contribution in [2.24, 2.45) is 0 Å². The van der Waals surface area contributed by atoms with E-state index < -0.39 is 5.41 Å². The van der Waals surface area contributed by atoms with Crippen LogP contribution in [-0.4, -0.2) is 12.5 Å². The average Bonchev–Trinajstić information content (AvgIpc) is 3.15. The van der Waals surface area contributed by atoms with Gasteiger partial charge >= 0.3 is 0 Å². The zero-order valence-electron chi connectivity index (χ0n) is 17.4. The molecule has 1 fully saturated rings. The van der Waals surface area contributed by atoms with Crippen LogP contribution in [-0.2, 0) is 10.2 Å². The van der Waals surface area contributed by atoms with Gasteiger partial charge in [0.1, 0.15) is 5.75 Å². The number of nitrogens with one attached hydrogen (secondary N) is 1. The first-order valence-corrected chi connectivity index (χ1v) is 11.1. The Bertz CT molecular complexity index is 865. The summed E-state index contributed by atoms with van der Waals surface area (Å²) >= 11 is 12.6. The summed E-state index contributed by atoms with van der Waals surface area (Å²) in [4.78, 5) is 13.5. The quantitative estimate of drug-likeness (QED) is 0.467. The summed E-state index contributed by atoms with van der Waals surface area (Å²) in [5.74, 6) is 0.908. The van der Waals surface area contributed by atoms with Gasteiger partial charge in [0, 0.05) is 15.7 Å². The third-order valence-corrected chi connectivity index (χ3v) is 6.35. The number of benzene rings is 2. The first kappa shape index (κ1) is 22.0. The number of ether oxygens (including phenoxy) is 1. The standard InChI is InChI=1S/C24H29Cl2NO2/c1-4-5-12-29-22-16(2)13-19(14-17(22)3)27-23(28)24(10-6-7-11-24)20-9-8-18(25)15-21(20)26/h8-9,13-15H,4-7,10-12H2,1-3H3,(H,27,28). The van der Waals surface area contributed by atoms with Crippen LogP contribution in [0.1, 0.15) is 62.1 Å². The van der Waals surface area contributed by atoms with E-state index in [2.05, 4.69) is 12.2 Å². The van der Waals surface area contributed by atoms with Gasteiger partial charge in [0.2, 0.25) is 5.91 Å². The number of amides is 1. The lowest BCUT2D eigenvalue weighted by molar-refractivity contribution is -0.121. The highest BCUT2D eigenvalue weighted by Crippen LogP contribution is 2.45. The monoisotopic (exact) mass is 433 g/mol. The van der Waals surface area contributed by atoms with Crippen LogP contribution >= 0.6 is 23.2 Å². The van der Waals surface area contributed by atoms with Crippen LogP contribution in [0.15, 0.2) is 30.3 Å². The first-order chi connectivity index (χ1) is 13.9. The number of carbonyl (C=O) groups is 1. The molecule has 2 aromatic carbocycles. The minimum absolute atomic E-state index is 0.00215. The highest BCUT2D eigenvalue weighted by atomic mass is 35.5. The summed E-state index contributed by atoms with van der Waals surface area (Å²) in [6.45, 7) is 6.90. The molecule has 0 saturated heterocycles. The molecule has 1 aliphatic carbocycles. The number of carbonyl (C=O) groups excluding carboxylic acids is 1. The van der Waals surface area contributed by atoms with Gasteiger partial charge in [-0.05, 0) is 74.1 Å². The second-order valence-electron chi connectivity index (χ2n) is 8.01. The van der Waals surface area contributed by atoms with Crippen molar-refractivity contribution >= 4 is 34.8 Å². The highest BCUT2D eigenvalue weighted by Gasteiger charge is 2.44. The van der Waals surface area contributed by atoms with Crippen LogP contribution in [0.25, 0.3) is 0 Å². The van der Waals surface area contributed by atoms with E-state index in [0.717, 1.165) is 66.7 Å². The Kier molecular flexibility index (Phi) is 7.13. The van der Waals surface area contributed by atoms with E-state index in [1.807, 2.05) is 38.1 Å². The van der Waals surface area contributed by atoms with Crippen LogP contribution in [0.3, 0.4) is 0 Å². The summed E-state index contributed by atoms with van der Waals surface area (Å²) in [6.07, 6.45) is 5.72. The maximum Gasteiger partial charge on any atom is 0.235 e. The fraction of sp³-hybridized carbons (Fsp3) is 0.458. The Labute approximate surface area is 183 Å². The summed E-state index contributed by atoms with van der Waals surface area (Å²) in [5, 5.41) is 4.29. The fourth-order valence-corrected chi connectivity index (χ4v) is 4.88. The largest absolute Gasteiger partial charge is 0.493 e. The van der Waals surface area contributed by atoms with E-state index in [-0.39, 0.29) is 5.91 Å². The molecule has 0 radical (unpaired) electrons. The Morgan fingerprint density at radius 1 is 1.10 bits per heavy atom. The molecule has 29 heavy (non-hydrogen) atoms. The number of rotatable bonds is 7. The number of hydrogen-bond acceptors (Lipinski definition) is 2. The van der Waals surface area contributed by atoms with E-state index in [4.69, 9.17) is 27.9 Å². The summed E-state index contributed by atoms with van der Waals surface area (Å²) in [6, 6.07) is 9.41. The van der Waals surface area contributed by atoms with Crippen molar-refractivity contribution in [2.75, 3.05) is 11.9 Å². The van der Waals surface area contributed by atoms with E-state index in [9.17, 15) is 4.79 Å². The van der Waals surface area contributed by atoms with Crippen LogP contribution in [0.5, 0.6) is 5.75 Å². The Morgan fingerprint density at radius 2 is 1.76 bits per heavy atom. The molecule has 0 heterocycles. The van der Waals surface area contributed by atoms with Crippen molar-refractivity contribution in [3.8, 4) is 5.75 Å². The molecule has 0 spiro atoms. The number of anilines is 1. The molecule has 3 nitrogen and oxygen atoms in total. The summed E-state index contributed by atoms with van der Waals surface area (Å²) in [5.41, 5.74) is 3.11. The number of unbranched alkanes of at least 4 members (excludes halogenated alkanes) is 1. The number of aryl methyl sites for hydroxylation is 2. The number of hydrogen-bond donors (Lipinski definition) is 1. The maximum absolute atomic E-state index is 13.5. The predicted octanol–water partition coefficient (Wildman–Crippen LogP) is 7.24. The topological polar surface area (TPSA) is 38.3 Å². The highest BCUT2D eigenvalue weighted by molar-refractivity contribution is 6.35. The normalized spacial score (nSPS) is 15.3. The van der Waals surface area contributed by atoms with Crippen molar-refractivity contribution in [3.63, 3.8) is 0 Å². The van der Waals surface area contributed by atoms with E-state index in [1.165, 1.54) is 0 Å². The molecule has 0 bridgehead atoms. The van der Waals surface area contributed by atoms with Gasteiger partial charge < -0.3 is 10.1 Å². The van der Waals surface area contributed by atoms with Crippen molar-refractivity contribution in [2.45, 2.75) is 64.7 Å². The lowest BCUT2D eigenvalue weighted by Crippen LogP contribution is -2.38. The van der Waals surface area contributed by atoms with Crippen molar-refractivity contribution in [1.82, 2.24) is 0 Å². The molecular weight excluding hydrogens is 405 g/mol. The van der Waals surface area contributed by atoms with Crippen molar-refractivity contribution in [3.05, 3.63) is 57.1 Å². The molecule has 0 unspecified atom stereocenters. The second kappa shape index (κ2) is 9.40. The van der Waals surface area contributed by atoms with Gasteiger partial charge in [0.15, 0.2) is 0 Å². The Morgan fingerprint density at radius 3 is 2.34 bits per heavy atom. The molecular formula is C24H29Cl2NO2. The zero-order valence-corrected chi connectivity index (χ0v) is 18.9. The summed E-state index contributed by atoms with van der Waals surface area (Å²) in [7, 11) is 0. The molecule has 0 aromatic heterocycles. The molecule has 3 rings (SSSR count). The van der Waals surface area contributed by atoms with E-state index in [1.54, 1.807) is 6.07 Å². The van der Waals surface area contributed by atoms with Crippen molar-refractivity contribution < 1.29 is 9.53 Å². The van der Waals surface area contributed by atoms with Gasteiger partial charge in [-0.2, -0.15) is 0 Å². The minimum atomic E-state index is -0.611. The van der Waals surface area contributed by atoms with E-state index in [0.29, 0.717) is 16.7 Å². The van der Waals surface area contributed by atoms with Gasteiger partial charge in [-0.15, -0.1) is 0 Å². The zero-order chi connectivity index (χ0) is 21.0. The van der Waals surface area contributed by atoms with Crippen LogP contribution in [0.2, 0.25) is 10.0 Å². The van der Waals surface area contributed by atoms with Crippen LogP contribution in [0, 0.1) is 13.8 Å². The van der Waals surface area contributed by atoms with Crippen LogP contribution in [0.4, 0.5) is 5.69 Å². The molecule has 5 heteroatoms. The first-order valence-electron chi connectivity index (χ1n) is 10.4. The lowest BCUT2D eigenvalue weighted by atomic mass is 9.78. The molecule has 156 valence electrons. The molecule has 0 atom stereocenters. The van der Waals surface area contributed by atoms with Gasteiger partial charge in [-0.1, -0.05) is 55.5 Å². The van der Waals surface area contributed by atoms with Gasteiger partial charge in [-0.3, -0.25) is 4.79 Å². The molecule has 2 aromatic rings. The lowest BCUT2D eigenvalue weighted by Gasteiger charge is -2.29. The predicted molar refractivity (Wildman–Crippen MR) is 122 cm³/mol. The minimum Gasteiger partial charge on any atom is -0.493 e. The SMILES string of the molecule is CCCCOc1c(C)cc(NC(=O)C2(c3ccc(Cl)cc3Cl)CCCC2)cc1C. The van der Waals surface area contributed by atoms with Gasteiger partial charge in [0.25, 0.3) is 0 Å². The fourth-order valence-electron chi connectivity index (χ4n) is 4.29. The Balaban J connectivity index is 1.86. The molecule has 1 saturated carbocycles. The third-order valence-electron chi connectivity index (χ3n) is 5.80. The third kappa shape index (κ3) is 4.73. The smallest absolute Gasteiger partial charge is 0.235 e. The average molecular weight is 434 g/mol. The Hall–Kier alpha value is -1.71. The summed E-state index contributed by atoms with van der Waals surface area (Å²) < 4.78 is 5.94. The van der Waals surface area contributed by atoms with Crippen molar-refractivity contribution in [1.29, 1.82) is 0 Å². The molecule has 0 aliphatic heterocycles. The van der Waals surface area contributed by atoms with Crippen LogP contribution < -0.4 is 10.1 Å². The van der Waals surface area contributed by atoms with Gasteiger partial charge in [-0.25, -0.2) is 0 Å². The molecule has 1 aliphatic rings. The number of halogens is 2. The van der Waals surface area contributed by atoms with E-state index >= 15 is 0 Å². The second-order valence-corrected chi connectivity index (χ2v) is 8.85. The van der Waals surface area contributed by atoms with Gasteiger partial charge in [0.05, 0.1) is 12.0 Å². The molecule has 1 amide bonds.